The summed E-state index contributed by atoms with van der Waals surface area (Å²) in [5.74, 6) is 4.01. The first-order valence-corrected chi connectivity index (χ1v) is 5.73. The van der Waals surface area contributed by atoms with Crippen LogP contribution in [0.25, 0.3) is 0 Å². The number of halogens is 3. The quantitative estimate of drug-likeness (QED) is 0.483. The van der Waals surface area contributed by atoms with E-state index in [1.54, 1.807) is 0 Å². The van der Waals surface area contributed by atoms with E-state index in [9.17, 15) is 13.2 Å². The van der Waals surface area contributed by atoms with Crippen LogP contribution in [-0.4, -0.2) is 27.7 Å². The Kier molecular flexibility index (Phi) is 3.76. The Hall–Kier alpha value is -1.61. The first-order valence-electron chi connectivity index (χ1n) is 5.73. The number of alkyl halides is 3. The minimum Gasteiger partial charge on any atom is -0.393 e. The van der Waals surface area contributed by atoms with Gasteiger partial charge in [0.1, 0.15) is 11.6 Å². The van der Waals surface area contributed by atoms with Crippen LogP contribution in [0.3, 0.4) is 0 Å². The van der Waals surface area contributed by atoms with E-state index in [0.717, 1.165) is 0 Å². The number of nitrogen functional groups attached to an aromatic ring is 1. The van der Waals surface area contributed by atoms with Crippen LogP contribution in [-0.2, 0) is 6.18 Å². The molecule has 2 rings (SSSR count). The summed E-state index contributed by atoms with van der Waals surface area (Å²) in [6.45, 7) is 0.454. The minimum atomic E-state index is -4.63. The lowest BCUT2D eigenvalue weighted by Gasteiger charge is -2.31. The molecule has 1 saturated carbocycles. The molecule has 0 amide bonds. The molecule has 106 valence electrons. The Labute approximate surface area is 107 Å². The van der Waals surface area contributed by atoms with Gasteiger partial charge in [0.15, 0.2) is 0 Å². The molecule has 9 heteroatoms. The van der Waals surface area contributed by atoms with Gasteiger partial charge in [-0.15, -0.1) is 0 Å². The molecule has 0 saturated heterocycles. The molecule has 0 spiro atoms. The first-order chi connectivity index (χ1) is 8.88. The fraction of sp³-hybridized carbons (Fsp3) is 0.600. The van der Waals surface area contributed by atoms with Crippen LogP contribution in [0.1, 0.15) is 18.7 Å². The van der Waals surface area contributed by atoms with E-state index >= 15 is 0 Å². The van der Waals surface area contributed by atoms with Crippen LogP contribution in [0.15, 0.2) is 6.07 Å². The number of anilines is 2. The van der Waals surface area contributed by atoms with E-state index in [4.69, 9.17) is 10.9 Å². The third-order valence-electron chi connectivity index (χ3n) is 2.91. The van der Waals surface area contributed by atoms with Crippen LogP contribution in [0.4, 0.5) is 24.8 Å². The zero-order chi connectivity index (χ0) is 14.0. The minimum absolute atomic E-state index is 0.0525. The summed E-state index contributed by atoms with van der Waals surface area (Å²) >= 11 is 0. The lowest BCUT2D eigenvalue weighted by molar-refractivity contribution is -0.144. The zero-order valence-electron chi connectivity index (χ0n) is 9.91. The van der Waals surface area contributed by atoms with E-state index in [2.05, 4.69) is 20.7 Å². The van der Waals surface area contributed by atoms with Gasteiger partial charge in [0.25, 0.3) is 0 Å². The standard InChI is InChI=1S/C10H14F3N5O/c11-10(12,13)9-16-7(3-8(17-9)18-14)15-4-5-1-6(19)2-5/h3,5-6,19H,1-2,4,14H2,(H2,15,16,17,18). The summed E-state index contributed by atoms with van der Waals surface area (Å²) in [6.07, 6.45) is -3.64. The number of hydrogen-bond donors (Lipinski definition) is 4. The summed E-state index contributed by atoms with van der Waals surface area (Å²) in [7, 11) is 0. The van der Waals surface area contributed by atoms with Crippen LogP contribution in [0.5, 0.6) is 0 Å². The van der Waals surface area contributed by atoms with Crippen molar-refractivity contribution in [3.05, 3.63) is 11.9 Å². The second-order valence-electron chi connectivity index (χ2n) is 4.48. The molecule has 1 aliphatic rings. The van der Waals surface area contributed by atoms with Gasteiger partial charge < -0.3 is 15.8 Å². The van der Waals surface area contributed by atoms with Crippen LogP contribution in [0.2, 0.25) is 0 Å². The van der Waals surface area contributed by atoms with E-state index in [0.29, 0.717) is 19.4 Å². The van der Waals surface area contributed by atoms with E-state index in [1.165, 1.54) is 6.07 Å². The Morgan fingerprint density at radius 2 is 1.95 bits per heavy atom. The average Bonchev–Trinajstić information content (AvgIpc) is 2.31. The molecule has 6 nitrogen and oxygen atoms in total. The second kappa shape index (κ2) is 5.17. The molecule has 19 heavy (non-hydrogen) atoms. The van der Waals surface area contributed by atoms with Gasteiger partial charge in [0.2, 0.25) is 5.82 Å². The molecule has 0 atom stereocenters. The summed E-state index contributed by atoms with van der Waals surface area (Å²) in [5.41, 5.74) is 2.07. The van der Waals surface area contributed by atoms with Crippen molar-refractivity contribution in [2.24, 2.45) is 11.8 Å². The van der Waals surface area contributed by atoms with Crippen molar-refractivity contribution in [1.29, 1.82) is 0 Å². The lowest BCUT2D eigenvalue weighted by atomic mass is 9.82. The molecule has 1 aromatic heterocycles. The number of aromatic nitrogens is 2. The van der Waals surface area contributed by atoms with Gasteiger partial charge in [-0.3, -0.25) is 0 Å². The Morgan fingerprint density at radius 1 is 1.32 bits per heavy atom. The number of hydrogen-bond acceptors (Lipinski definition) is 6. The Morgan fingerprint density at radius 3 is 2.47 bits per heavy atom. The van der Waals surface area contributed by atoms with E-state index < -0.39 is 12.0 Å². The number of rotatable bonds is 4. The maximum Gasteiger partial charge on any atom is 0.451 e. The van der Waals surface area contributed by atoms with Crippen molar-refractivity contribution in [3.63, 3.8) is 0 Å². The third kappa shape index (κ3) is 3.44. The van der Waals surface area contributed by atoms with Gasteiger partial charge in [-0.05, 0) is 18.8 Å². The highest BCUT2D eigenvalue weighted by atomic mass is 19.4. The van der Waals surface area contributed by atoms with Crippen molar-refractivity contribution < 1.29 is 18.3 Å². The van der Waals surface area contributed by atoms with Crippen LogP contribution in [0, 0.1) is 5.92 Å². The molecule has 0 bridgehead atoms. The van der Waals surface area contributed by atoms with Crippen molar-refractivity contribution in [1.82, 2.24) is 9.97 Å². The predicted octanol–water partition coefficient (Wildman–Crippen LogP) is 0.964. The van der Waals surface area contributed by atoms with Crippen molar-refractivity contribution >= 4 is 11.6 Å². The molecule has 1 aromatic rings. The second-order valence-corrected chi connectivity index (χ2v) is 4.48. The van der Waals surface area contributed by atoms with Crippen molar-refractivity contribution in [2.75, 3.05) is 17.3 Å². The maximum atomic E-state index is 12.6. The number of hydrazine groups is 1. The highest BCUT2D eigenvalue weighted by molar-refractivity contribution is 5.47. The number of nitrogens with two attached hydrogens (primary N) is 1. The maximum absolute atomic E-state index is 12.6. The summed E-state index contributed by atoms with van der Waals surface area (Å²) in [5, 5.41) is 11.9. The number of nitrogens with zero attached hydrogens (tertiary/aromatic N) is 2. The van der Waals surface area contributed by atoms with Gasteiger partial charge in [0, 0.05) is 12.6 Å². The molecular formula is C10H14F3N5O. The molecule has 0 aliphatic heterocycles. The van der Waals surface area contributed by atoms with Crippen molar-refractivity contribution in [2.45, 2.75) is 25.1 Å². The molecule has 1 heterocycles. The number of aliphatic hydroxyl groups is 1. The SMILES string of the molecule is NNc1cc(NCC2CC(O)C2)nc(C(F)(F)F)n1. The highest BCUT2D eigenvalue weighted by Gasteiger charge is 2.35. The van der Waals surface area contributed by atoms with Gasteiger partial charge in [-0.1, -0.05) is 0 Å². The molecule has 1 aliphatic carbocycles. The Bertz CT molecular complexity index is 447. The van der Waals surface area contributed by atoms with E-state index in [-0.39, 0.29) is 23.7 Å². The molecule has 5 N–H and O–H groups in total. The molecular weight excluding hydrogens is 263 g/mol. The monoisotopic (exact) mass is 277 g/mol. The van der Waals surface area contributed by atoms with Gasteiger partial charge in [0.05, 0.1) is 6.10 Å². The molecule has 1 fully saturated rings. The van der Waals surface area contributed by atoms with Crippen molar-refractivity contribution in [3.8, 4) is 0 Å². The molecule has 0 unspecified atom stereocenters. The van der Waals surface area contributed by atoms with Gasteiger partial charge >= 0.3 is 6.18 Å². The largest absolute Gasteiger partial charge is 0.451 e. The summed E-state index contributed by atoms with van der Waals surface area (Å²) in [4.78, 5) is 6.64. The number of aliphatic hydroxyl groups excluding tert-OH is 1. The molecule has 0 radical (unpaired) electrons. The van der Waals surface area contributed by atoms with Gasteiger partial charge in [-0.2, -0.15) is 13.2 Å². The number of nitrogens with one attached hydrogen (secondary N) is 2. The topological polar surface area (TPSA) is 96.1 Å². The van der Waals surface area contributed by atoms with Crippen LogP contribution < -0.4 is 16.6 Å². The van der Waals surface area contributed by atoms with Crippen LogP contribution >= 0.6 is 0 Å². The normalized spacial score (nSPS) is 22.8. The fourth-order valence-electron chi connectivity index (χ4n) is 1.85. The smallest absolute Gasteiger partial charge is 0.393 e. The average molecular weight is 277 g/mol. The Balaban J connectivity index is 2.06. The highest BCUT2D eigenvalue weighted by Crippen LogP contribution is 2.29. The molecule has 0 aromatic carbocycles. The third-order valence-corrected chi connectivity index (χ3v) is 2.91. The van der Waals surface area contributed by atoms with E-state index in [1.807, 2.05) is 0 Å². The predicted molar refractivity (Wildman–Crippen MR) is 62.1 cm³/mol. The summed E-state index contributed by atoms with van der Waals surface area (Å²) < 4.78 is 37.7. The summed E-state index contributed by atoms with van der Waals surface area (Å²) in [6, 6.07) is 1.30. The fourth-order valence-corrected chi connectivity index (χ4v) is 1.85. The lowest BCUT2D eigenvalue weighted by Crippen LogP contribution is -2.33. The van der Waals surface area contributed by atoms with Gasteiger partial charge in [-0.25, -0.2) is 15.8 Å². The first kappa shape index (κ1) is 13.8. The zero-order valence-corrected chi connectivity index (χ0v) is 9.91.